The molecule has 0 amide bonds. The summed E-state index contributed by atoms with van der Waals surface area (Å²) < 4.78 is 5.73. The molecule has 2 aliphatic rings. The van der Waals surface area contributed by atoms with Crippen LogP contribution in [0.25, 0.3) is 0 Å². The van der Waals surface area contributed by atoms with Gasteiger partial charge in [0.25, 0.3) is 0 Å². The first-order valence-corrected chi connectivity index (χ1v) is 5.11. The molecule has 2 fully saturated rings. The van der Waals surface area contributed by atoms with Crippen molar-refractivity contribution in [2.45, 2.75) is 49.4 Å². The summed E-state index contributed by atoms with van der Waals surface area (Å²) in [6, 6.07) is 0. The molecule has 2 rings (SSSR count). The van der Waals surface area contributed by atoms with Crippen LogP contribution in [0.1, 0.15) is 32.6 Å². The number of thioether (sulfide) groups is 1. The van der Waals surface area contributed by atoms with E-state index >= 15 is 0 Å². The monoisotopic (exact) mass is 158 g/mol. The van der Waals surface area contributed by atoms with Gasteiger partial charge in [0, 0.05) is 5.25 Å². The largest absolute Gasteiger partial charge is 0.364 e. The third kappa shape index (κ3) is 1.19. The molecule has 0 spiro atoms. The molecule has 0 radical (unpaired) electrons. The predicted octanol–water partition coefficient (Wildman–Crippen LogP) is 2.41. The standard InChI is InChI=1S/C8H14OS/c1-6-9-7-4-2-3-5-8(7)10-6/h6-8H,2-5H2,1H3. The van der Waals surface area contributed by atoms with Crippen molar-refractivity contribution in [3.63, 3.8) is 0 Å². The lowest BCUT2D eigenvalue weighted by Crippen LogP contribution is -2.23. The highest BCUT2D eigenvalue weighted by atomic mass is 32.2. The zero-order chi connectivity index (χ0) is 6.97. The number of fused-ring (bicyclic) bond motifs is 1. The van der Waals surface area contributed by atoms with Gasteiger partial charge in [0.2, 0.25) is 0 Å². The van der Waals surface area contributed by atoms with Crippen LogP contribution in [0.4, 0.5) is 0 Å². The number of hydrogen-bond acceptors (Lipinski definition) is 2. The van der Waals surface area contributed by atoms with Crippen molar-refractivity contribution in [1.82, 2.24) is 0 Å². The fourth-order valence-electron chi connectivity index (χ4n) is 1.90. The summed E-state index contributed by atoms with van der Waals surface area (Å²) in [5, 5.41) is 0.837. The van der Waals surface area contributed by atoms with Gasteiger partial charge in [0.05, 0.1) is 6.10 Å². The Morgan fingerprint density at radius 3 is 2.90 bits per heavy atom. The highest BCUT2D eigenvalue weighted by molar-refractivity contribution is 8.00. The maximum absolute atomic E-state index is 5.73. The summed E-state index contributed by atoms with van der Waals surface area (Å²) in [5.74, 6) is 0. The van der Waals surface area contributed by atoms with Gasteiger partial charge >= 0.3 is 0 Å². The molecule has 3 unspecified atom stereocenters. The Morgan fingerprint density at radius 2 is 2.10 bits per heavy atom. The van der Waals surface area contributed by atoms with Gasteiger partial charge in [-0.05, 0) is 19.8 Å². The molecule has 1 aliphatic carbocycles. The van der Waals surface area contributed by atoms with Crippen LogP contribution in [0.15, 0.2) is 0 Å². The van der Waals surface area contributed by atoms with E-state index in [9.17, 15) is 0 Å². The van der Waals surface area contributed by atoms with Gasteiger partial charge in [-0.1, -0.05) is 12.8 Å². The van der Waals surface area contributed by atoms with Gasteiger partial charge in [-0.15, -0.1) is 11.8 Å². The van der Waals surface area contributed by atoms with Gasteiger partial charge in [0.15, 0.2) is 0 Å². The molecule has 0 N–H and O–H groups in total. The minimum atomic E-state index is 0.466. The average molecular weight is 158 g/mol. The lowest BCUT2D eigenvalue weighted by molar-refractivity contribution is 0.0444. The fraction of sp³-hybridized carbons (Fsp3) is 1.00. The van der Waals surface area contributed by atoms with Crippen LogP contribution >= 0.6 is 11.8 Å². The fourth-order valence-corrected chi connectivity index (χ4v) is 3.28. The molecule has 2 heteroatoms. The van der Waals surface area contributed by atoms with Crippen LogP contribution < -0.4 is 0 Å². The van der Waals surface area contributed by atoms with E-state index in [0.717, 1.165) is 5.25 Å². The van der Waals surface area contributed by atoms with Gasteiger partial charge in [0.1, 0.15) is 5.44 Å². The SMILES string of the molecule is CC1OC2CCCCC2S1. The normalized spacial score (nSPS) is 47.1. The summed E-state index contributed by atoms with van der Waals surface area (Å²) >= 11 is 2.03. The highest BCUT2D eigenvalue weighted by Crippen LogP contribution is 2.40. The third-order valence-electron chi connectivity index (χ3n) is 2.37. The van der Waals surface area contributed by atoms with Gasteiger partial charge in [-0.25, -0.2) is 0 Å². The van der Waals surface area contributed by atoms with Crippen molar-refractivity contribution in [2.75, 3.05) is 0 Å². The molecule has 0 aromatic heterocycles. The Bertz CT molecular complexity index is 112. The van der Waals surface area contributed by atoms with Crippen molar-refractivity contribution in [3.05, 3.63) is 0 Å². The summed E-state index contributed by atoms with van der Waals surface area (Å²) in [7, 11) is 0. The van der Waals surface area contributed by atoms with Gasteiger partial charge in [-0.3, -0.25) is 0 Å². The van der Waals surface area contributed by atoms with E-state index in [1.165, 1.54) is 25.7 Å². The summed E-state index contributed by atoms with van der Waals surface area (Å²) in [4.78, 5) is 0. The predicted molar refractivity (Wildman–Crippen MR) is 44.2 cm³/mol. The van der Waals surface area contributed by atoms with Crippen molar-refractivity contribution in [1.29, 1.82) is 0 Å². The van der Waals surface area contributed by atoms with E-state index in [0.29, 0.717) is 11.5 Å². The van der Waals surface area contributed by atoms with Crippen LogP contribution in [0.3, 0.4) is 0 Å². The zero-order valence-electron chi connectivity index (χ0n) is 6.38. The third-order valence-corrected chi connectivity index (χ3v) is 3.76. The average Bonchev–Trinajstić information content (AvgIpc) is 2.27. The van der Waals surface area contributed by atoms with Gasteiger partial charge < -0.3 is 4.74 Å². The van der Waals surface area contributed by atoms with E-state index in [1.807, 2.05) is 11.8 Å². The molecule has 1 saturated heterocycles. The molecule has 3 atom stereocenters. The second-order valence-electron chi connectivity index (χ2n) is 3.20. The number of hydrogen-bond donors (Lipinski definition) is 0. The van der Waals surface area contributed by atoms with Crippen LogP contribution in [-0.2, 0) is 4.74 Å². The van der Waals surface area contributed by atoms with E-state index in [-0.39, 0.29) is 0 Å². The van der Waals surface area contributed by atoms with E-state index < -0.39 is 0 Å². The maximum atomic E-state index is 5.73. The van der Waals surface area contributed by atoms with Crippen LogP contribution in [0.5, 0.6) is 0 Å². The quantitative estimate of drug-likeness (QED) is 0.535. The van der Waals surface area contributed by atoms with E-state index in [2.05, 4.69) is 6.92 Å². The Balaban J connectivity index is 1.97. The molecule has 0 aromatic rings. The first-order chi connectivity index (χ1) is 4.86. The van der Waals surface area contributed by atoms with Crippen molar-refractivity contribution < 1.29 is 4.74 Å². The Hall–Kier alpha value is 0.310. The van der Waals surface area contributed by atoms with Crippen molar-refractivity contribution >= 4 is 11.8 Å². The van der Waals surface area contributed by atoms with E-state index in [4.69, 9.17) is 4.74 Å². The lowest BCUT2D eigenvalue weighted by atomic mass is 9.97. The minimum Gasteiger partial charge on any atom is -0.364 e. The molecular weight excluding hydrogens is 144 g/mol. The van der Waals surface area contributed by atoms with Crippen molar-refractivity contribution in [3.8, 4) is 0 Å². The van der Waals surface area contributed by atoms with Crippen LogP contribution in [-0.4, -0.2) is 16.8 Å². The molecule has 0 bridgehead atoms. The maximum Gasteiger partial charge on any atom is 0.101 e. The van der Waals surface area contributed by atoms with E-state index in [1.54, 1.807) is 0 Å². The van der Waals surface area contributed by atoms with Crippen LogP contribution in [0, 0.1) is 0 Å². The summed E-state index contributed by atoms with van der Waals surface area (Å²) in [6.07, 6.45) is 6.11. The zero-order valence-corrected chi connectivity index (χ0v) is 7.19. The first-order valence-electron chi connectivity index (χ1n) is 4.17. The molecular formula is C8H14OS. The van der Waals surface area contributed by atoms with Crippen molar-refractivity contribution in [2.24, 2.45) is 0 Å². The highest BCUT2D eigenvalue weighted by Gasteiger charge is 2.34. The summed E-state index contributed by atoms with van der Waals surface area (Å²) in [6.45, 7) is 2.17. The minimum absolute atomic E-state index is 0.466. The number of ether oxygens (including phenoxy) is 1. The topological polar surface area (TPSA) is 9.23 Å². The molecule has 1 heterocycles. The molecule has 1 aliphatic heterocycles. The molecule has 10 heavy (non-hydrogen) atoms. The Labute approximate surface area is 66.5 Å². The molecule has 58 valence electrons. The Kier molecular flexibility index (Phi) is 1.92. The summed E-state index contributed by atoms with van der Waals surface area (Å²) in [5.41, 5.74) is 0.466. The molecule has 0 aromatic carbocycles. The van der Waals surface area contributed by atoms with Crippen LogP contribution in [0.2, 0.25) is 0 Å². The number of rotatable bonds is 0. The lowest BCUT2D eigenvalue weighted by Gasteiger charge is -2.21. The smallest absolute Gasteiger partial charge is 0.101 e. The first kappa shape index (κ1) is 6.99. The molecule has 1 saturated carbocycles. The van der Waals surface area contributed by atoms with Gasteiger partial charge in [-0.2, -0.15) is 0 Å². The molecule has 1 nitrogen and oxygen atoms in total. The second-order valence-corrected chi connectivity index (χ2v) is 4.74. The Morgan fingerprint density at radius 1 is 1.30 bits per heavy atom. The second kappa shape index (κ2) is 2.74.